The third-order valence-corrected chi connectivity index (χ3v) is 3.88. The van der Waals surface area contributed by atoms with E-state index in [1.807, 2.05) is 19.1 Å². The molecule has 0 radical (unpaired) electrons. The van der Waals surface area contributed by atoms with Crippen LogP contribution >= 0.6 is 44.1 Å². The molecular formula is C11H12Br2N4OS. The van der Waals surface area contributed by atoms with Crippen LogP contribution in [0.5, 0.6) is 5.75 Å². The minimum atomic E-state index is 0.533. The average Bonchev–Trinajstić information content (AvgIpc) is 2.66. The molecule has 0 saturated heterocycles. The second-order valence-corrected chi connectivity index (χ2v) is 5.98. The Morgan fingerprint density at radius 1 is 1.47 bits per heavy atom. The smallest absolute Gasteiger partial charge is 0.214 e. The molecule has 0 unspecified atom stereocenters. The van der Waals surface area contributed by atoms with Gasteiger partial charge in [-0.25, -0.2) is 4.68 Å². The highest BCUT2D eigenvalue weighted by Gasteiger charge is 2.10. The van der Waals surface area contributed by atoms with Gasteiger partial charge in [0.1, 0.15) is 11.6 Å². The number of rotatable bonds is 4. The fraction of sp³-hybridized carbons (Fsp3) is 0.273. The molecule has 19 heavy (non-hydrogen) atoms. The summed E-state index contributed by atoms with van der Waals surface area (Å²) in [6.45, 7) is 2.43. The predicted molar refractivity (Wildman–Crippen MR) is 83.6 cm³/mol. The summed E-state index contributed by atoms with van der Waals surface area (Å²) < 4.78 is 9.53. The molecule has 0 aliphatic heterocycles. The van der Waals surface area contributed by atoms with Gasteiger partial charge in [-0.1, -0.05) is 15.9 Å². The van der Waals surface area contributed by atoms with E-state index in [9.17, 15) is 0 Å². The molecule has 0 bridgehead atoms. The highest BCUT2D eigenvalue weighted by atomic mass is 79.9. The number of nitrogens with zero attached hydrogens (tertiary/aromatic N) is 2. The highest BCUT2D eigenvalue weighted by molar-refractivity contribution is 9.11. The van der Waals surface area contributed by atoms with Crippen LogP contribution in [0.1, 0.15) is 11.4 Å². The first-order valence-corrected chi connectivity index (χ1v) is 7.42. The molecular weight excluding hydrogens is 396 g/mol. The van der Waals surface area contributed by atoms with Crippen molar-refractivity contribution in [2.45, 2.75) is 13.5 Å². The van der Waals surface area contributed by atoms with E-state index in [1.54, 1.807) is 11.8 Å². The molecule has 102 valence electrons. The lowest BCUT2D eigenvalue weighted by molar-refractivity contribution is 0.407. The van der Waals surface area contributed by atoms with Crippen LogP contribution in [-0.2, 0) is 6.54 Å². The molecule has 0 atom stereocenters. The number of benzene rings is 1. The number of hydrogen-bond donors (Lipinski definition) is 2. The zero-order valence-corrected chi connectivity index (χ0v) is 14.3. The minimum Gasteiger partial charge on any atom is -0.495 e. The SMILES string of the molecule is COc1c(Br)cc(Br)cc1CNn1c(C)n[nH]c1=S. The first kappa shape index (κ1) is 14.5. The fourth-order valence-corrected chi connectivity index (χ4v) is 3.42. The van der Waals surface area contributed by atoms with Gasteiger partial charge in [-0.05, 0) is 47.2 Å². The Balaban J connectivity index is 2.27. The summed E-state index contributed by atoms with van der Waals surface area (Å²) in [4.78, 5) is 0. The topological polar surface area (TPSA) is 54.9 Å². The van der Waals surface area contributed by atoms with Crippen molar-refractivity contribution in [3.8, 4) is 5.75 Å². The monoisotopic (exact) mass is 406 g/mol. The molecule has 0 aliphatic rings. The lowest BCUT2D eigenvalue weighted by Crippen LogP contribution is -2.16. The van der Waals surface area contributed by atoms with Crippen molar-refractivity contribution in [3.05, 3.63) is 37.2 Å². The van der Waals surface area contributed by atoms with Crippen molar-refractivity contribution < 1.29 is 4.74 Å². The Morgan fingerprint density at radius 3 is 2.79 bits per heavy atom. The van der Waals surface area contributed by atoms with Crippen molar-refractivity contribution >= 4 is 44.1 Å². The van der Waals surface area contributed by atoms with E-state index in [2.05, 4.69) is 47.5 Å². The van der Waals surface area contributed by atoms with Crippen LogP contribution in [0, 0.1) is 11.7 Å². The van der Waals surface area contributed by atoms with Crippen LogP contribution in [0.3, 0.4) is 0 Å². The molecule has 1 aromatic heterocycles. The first-order valence-electron chi connectivity index (χ1n) is 5.42. The van der Waals surface area contributed by atoms with Gasteiger partial charge in [-0.3, -0.25) is 5.10 Å². The lowest BCUT2D eigenvalue weighted by Gasteiger charge is -2.13. The molecule has 8 heteroatoms. The Kier molecular flexibility index (Phi) is 4.64. The van der Waals surface area contributed by atoms with Gasteiger partial charge in [-0.2, -0.15) is 5.10 Å². The van der Waals surface area contributed by atoms with E-state index < -0.39 is 0 Å². The average molecular weight is 408 g/mol. The van der Waals surface area contributed by atoms with Crippen molar-refractivity contribution in [2.75, 3.05) is 12.5 Å². The number of ether oxygens (including phenoxy) is 1. The summed E-state index contributed by atoms with van der Waals surface area (Å²) in [7, 11) is 1.65. The van der Waals surface area contributed by atoms with Crippen LogP contribution < -0.4 is 10.2 Å². The Labute approximate surface area is 132 Å². The van der Waals surface area contributed by atoms with Crippen LogP contribution in [0.2, 0.25) is 0 Å². The second-order valence-electron chi connectivity index (χ2n) is 3.83. The number of halogens is 2. The normalized spacial score (nSPS) is 10.5. The maximum absolute atomic E-state index is 5.40. The number of aromatic nitrogens is 3. The van der Waals surface area contributed by atoms with Gasteiger partial charge in [0, 0.05) is 10.0 Å². The van der Waals surface area contributed by atoms with Gasteiger partial charge in [0.25, 0.3) is 0 Å². The summed E-state index contributed by atoms with van der Waals surface area (Å²) in [5.74, 6) is 1.57. The Hall–Kier alpha value is -0.860. The van der Waals surface area contributed by atoms with Gasteiger partial charge in [0.05, 0.1) is 18.1 Å². The Bertz CT molecular complexity index is 653. The number of aryl methyl sites for hydroxylation is 1. The van der Waals surface area contributed by atoms with Crippen LogP contribution in [0.15, 0.2) is 21.1 Å². The van der Waals surface area contributed by atoms with Crippen molar-refractivity contribution in [1.82, 2.24) is 14.9 Å². The van der Waals surface area contributed by atoms with Crippen molar-refractivity contribution in [1.29, 1.82) is 0 Å². The minimum absolute atomic E-state index is 0.533. The van der Waals surface area contributed by atoms with Gasteiger partial charge in [0.15, 0.2) is 0 Å². The number of hydrogen-bond acceptors (Lipinski definition) is 4. The molecule has 2 aromatic rings. The van der Waals surface area contributed by atoms with E-state index >= 15 is 0 Å². The number of methoxy groups -OCH3 is 1. The van der Waals surface area contributed by atoms with Crippen LogP contribution in [0.4, 0.5) is 0 Å². The van der Waals surface area contributed by atoms with E-state index in [-0.39, 0.29) is 0 Å². The lowest BCUT2D eigenvalue weighted by atomic mass is 10.2. The van der Waals surface area contributed by atoms with E-state index in [0.717, 1.165) is 26.1 Å². The molecule has 0 aliphatic carbocycles. The molecule has 2 N–H and O–H groups in total. The molecule has 1 aromatic carbocycles. The van der Waals surface area contributed by atoms with Crippen LogP contribution in [-0.4, -0.2) is 22.0 Å². The summed E-state index contributed by atoms with van der Waals surface area (Å²) in [6.07, 6.45) is 0. The van der Waals surface area contributed by atoms with E-state index in [1.165, 1.54) is 0 Å². The zero-order valence-electron chi connectivity index (χ0n) is 10.3. The molecule has 2 rings (SSSR count). The highest BCUT2D eigenvalue weighted by Crippen LogP contribution is 2.32. The summed E-state index contributed by atoms with van der Waals surface area (Å²) in [5, 5.41) is 6.77. The zero-order chi connectivity index (χ0) is 14.0. The first-order chi connectivity index (χ1) is 9.02. The largest absolute Gasteiger partial charge is 0.495 e. The molecule has 5 nitrogen and oxygen atoms in total. The van der Waals surface area contributed by atoms with Gasteiger partial charge in [-0.15, -0.1) is 0 Å². The third-order valence-electron chi connectivity index (χ3n) is 2.56. The standard InChI is InChI=1S/C11H12Br2N4OS/c1-6-15-16-11(19)17(6)14-5-7-3-8(12)4-9(13)10(7)18-2/h3-4,14H,5H2,1-2H3,(H,16,19). The van der Waals surface area contributed by atoms with Crippen LogP contribution in [0.25, 0.3) is 0 Å². The molecule has 0 fully saturated rings. The third kappa shape index (κ3) is 3.18. The van der Waals surface area contributed by atoms with E-state index in [0.29, 0.717) is 11.3 Å². The van der Waals surface area contributed by atoms with E-state index in [4.69, 9.17) is 17.0 Å². The van der Waals surface area contributed by atoms with Crippen molar-refractivity contribution in [2.24, 2.45) is 0 Å². The van der Waals surface area contributed by atoms with Gasteiger partial charge in [0.2, 0.25) is 4.77 Å². The fourth-order valence-electron chi connectivity index (χ4n) is 1.70. The number of aromatic amines is 1. The summed E-state index contributed by atoms with van der Waals surface area (Å²) in [6, 6.07) is 3.94. The van der Waals surface area contributed by atoms with Gasteiger partial charge >= 0.3 is 0 Å². The van der Waals surface area contributed by atoms with Crippen molar-refractivity contribution in [3.63, 3.8) is 0 Å². The molecule has 0 saturated carbocycles. The molecule has 0 amide bonds. The predicted octanol–water partition coefficient (Wildman–Crippen LogP) is 3.53. The quantitative estimate of drug-likeness (QED) is 0.761. The summed E-state index contributed by atoms with van der Waals surface area (Å²) >= 11 is 12.1. The molecule has 1 heterocycles. The maximum atomic E-state index is 5.40. The number of nitrogens with one attached hydrogen (secondary N) is 2. The number of H-pyrrole nitrogens is 1. The summed E-state index contributed by atoms with van der Waals surface area (Å²) in [5.41, 5.74) is 4.21. The second kappa shape index (κ2) is 6.06. The molecule has 0 spiro atoms. The maximum Gasteiger partial charge on any atom is 0.214 e. The Morgan fingerprint density at radius 2 is 2.21 bits per heavy atom. The van der Waals surface area contributed by atoms with Gasteiger partial charge < -0.3 is 10.2 Å².